The summed E-state index contributed by atoms with van der Waals surface area (Å²) in [6.07, 6.45) is -7.38. The Hall–Kier alpha value is -3.98. The van der Waals surface area contributed by atoms with Gasteiger partial charge in [0.15, 0.2) is 5.65 Å². The molecule has 1 aliphatic heterocycles. The summed E-state index contributed by atoms with van der Waals surface area (Å²) in [5, 5.41) is 12.7. The van der Waals surface area contributed by atoms with Gasteiger partial charge in [-0.05, 0) is 6.07 Å². The summed E-state index contributed by atoms with van der Waals surface area (Å²) in [4.78, 5) is 43.2. The fourth-order valence-corrected chi connectivity index (χ4v) is 3.66. The summed E-state index contributed by atoms with van der Waals surface area (Å²) in [6, 6.07) is 1.16. The van der Waals surface area contributed by atoms with Crippen LogP contribution in [0.5, 0.6) is 0 Å². The molecule has 0 amide bonds. The number of halogens is 5. The lowest BCUT2D eigenvalue weighted by atomic mass is 9.97. The number of hydrogen-bond acceptors (Lipinski definition) is 7. The van der Waals surface area contributed by atoms with Crippen LogP contribution in [0.15, 0.2) is 34.2 Å². The predicted molar refractivity (Wildman–Crippen MR) is 99.3 cm³/mol. The summed E-state index contributed by atoms with van der Waals surface area (Å²) in [5.74, 6) is -6.53. The third kappa shape index (κ3) is 4.10. The molecule has 0 spiro atoms. The smallest absolute Gasteiger partial charge is 0.450 e. The zero-order valence-corrected chi connectivity index (χ0v) is 16.1. The molecule has 0 bridgehead atoms. The zero-order chi connectivity index (χ0) is 24.1. The summed E-state index contributed by atoms with van der Waals surface area (Å²) in [7, 11) is 0. The number of imidazole rings is 1. The third-order valence-electron chi connectivity index (χ3n) is 5.05. The minimum atomic E-state index is -5.38. The quantitative estimate of drug-likeness (QED) is 0.379. The number of rotatable bonds is 4. The first-order valence-electron chi connectivity index (χ1n) is 9.12. The van der Waals surface area contributed by atoms with Crippen molar-refractivity contribution in [1.82, 2.24) is 24.6 Å². The van der Waals surface area contributed by atoms with Gasteiger partial charge in [0.25, 0.3) is 11.5 Å². The average Bonchev–Trinajstić information content (AvgIpc) is 3.28. The number of aromatic amines is 2. The molecule has 4 heterocycles. The van der Waals surface area contributed by atoms with Crippen molar-refractivity contribution in [1.29, 1.82) is 0 Å². The van der Waals surface area contributed by atoms with Gasteiger partial charge in [-0.15, -0.1) is 0 Å². The van der Waals surface area contributed by atoms with E-state index in [1.54, 1.807) is 0 Å². The fourth-order valence-electron chi connectivity index (χ4n) is 3.66. The van der Waals surface area contributed by atoms with E-state index in [2.05, 4.69) is 19.8 Å². The van der Waals surface area contributed by atoms with Crippen molar-refractivity contribution in [3.63, 3.8) is 0 Å². The van der Waals surface area contributed by atoms with Crippen LogP contribution in [-0.4, -0.2) is 67.1 Å². The molecule has 0 saturated carbocycles. The maximum absolute atomic E-state index is 14.7. The molecule has 0 aliphatic carbocycles. The first kappa shape index (κ1) is 22.2. The van der Waals surface area contributed by atoms with E-state index in [0.29, 0.717) is 0 Å². The topological polar surface area (TPSA) is 146 Å². The fraction of sp³-hybridized carbons (Fsp3) is 0.353. The van der Waals surface area contributed by atoms with Crippen LogP contribution in [0.1, 0.15) is 0 Å². The summed E-state index contributed by atoms with van der Waals surface area (Å²) in [6.45, 7) is -2.14. The second kappa shape index (κ2) is 7.56. The van der Waals surface area contributed by atoms with Gasteiger partial charge in [0, 0.05) is 25.1 Å². The van der Waals surface area contributed by atoms with Crippen LogP contribution >= 0.6 is 0 Å². The molecule has 3 aromatic heterocycles. The summed E-state index contributed by atoms with van der Waals surface area (Å²) < 4.78 is 74.3. The van der Waals surface area contributed by atoms with E-state index in [-0.39, 0.29) is 22.6 Å². The molecular formula is C17H13F5N6O5. The van der Waals surface area contributed by atoms with Crippen molar-refractivity contribution >= 4 is 17.5 Å². The number of anilines is 1. The van der Waals surface area contributed by atoms with Gasteiger partial charge < -0.3 is 19.7 Å². The molecule has 4 rings (SSSR count). The molecule has 3 N–H and O–H groups in total. The van der Waals surface area contributed by atoms with E-state index in [4.69, 9.17) is 5.11 Å². The monoisotopic (exact) mass is 476 g/mol. The Kier molecular flexibility index (Phi) is 5.09. The Morgan fingerprint density at radius 2 is 2.06 bits per heavy atom. The van der Waals surface area contributed by atoms with Crippen LogP contribution in [0.4, 0.5) is 32.4 Å². The van der Waals surface area contributed by atoms with Gasteiger partial charge >= 0.3 is 18.0 Å². The summed E-state index contributed by atoms with van der Waals surface area (Å²) >= 11 is 0. The molecule has 176 valence electrons. The molecule has 1 saturated heterocycles. The lowest BCUT2D eigenvalue weighted by Gasteiger charge is -2.27. The number of nitrogens with one attached hydrogen (secondary N) is 2. The first-order chi connectivity index (χ1) is 15.4. The molecule has 2 atom stereocenters. The van der Waals surface area contributed by atoms with E-state index in [9.17, 15) is 36.3 Å². The standard InChI is InChI=1S/C17H13F5N6O5/c18-16(19)6-27(5-8(16)11(17(20,21)22)33-15(31)32)10-3-9(26-28-2-1-23-12(10)28)7-4-24-14(30)25-13(7)29/h1-4,8,11H,5-6H2,(H,31,32)(H2,24,25,29,30)/t8-,11?/m1/s1. The van der Waals surface area contributed by atoms with E-state index >= 15 is 0 Å². The van der Waals surface area contributed by atoms with Crippen molar-refractivity contribution in [3.8, 4) is 11.3 Å². The Balaban J connectivity index is 1.79. The maximum atomic E-state index is 14.7. The normalized spacial score (nSPS) is 19.1. The number of carbonyl (C=O) groups is 1. The molecular weight excluding hydrogens is 463 g/mol. The highest BCUT2D eigenvalue weighted by atomic mass is 19.4. The molecule has 0 radical (unpaired) electrons. The Morgan fingerprint density at radius 3 is 2.70 bits per heavy atom. The Bertz CT molecular complexity index is 1330. The highest BCUT2D eigenvalue weighted by Crippen LogP contribution is 2.44. The van der Waals surface area contributed by atoms with Gasteiger partial charge in [0.1, 0.15) is 5.69 Å². The minimum absolute atomic E-state index is 0.00114. The van der Waals surface area contributed by atoms with E-state index in [0.717, 1.165) is 21.7 Å². The van der Waals surface area contributed by atoms with Gasteiger partial charge in [-0.25, -0.2) is 27.9 Å². The molecule has 16 heteroatoms. The van der Waals surface area contributed by atoms with Crippen LogP contribution in [0.2, 0.25) is 0 Å². The number of H-pyrrole nitrogens is 2. The van der Waals surface area contributed by atoms with E-state index < -0.39 is 54.6 Å². The second-order valence-electron chi connectivity index (χ2n) is 7.19. The lowest BCUT2D eigenvalue weighted by Crippen LogP contribution is -2.47. The Labute approximate surface area is 178 Å². The molecule has 1 fully saturated rings. The van der Waals surface area contributed by atoms with Gasteiger partial charge in [0.05, 0.1) is 23.7 Å². The highest BCUT2D eigenvalue weighted by molar-refractivity contribution is 5.74. The molecule has 1 aliphatic rings. The molecule has 1 unspecified atom stereocenters. The number of hydrogen-bond donors (Lipinski definition) is 3. The number of aromatic nitrogens is 5. The molecule has 0 aromatic carbocycles. The van der Waals surface area contributed by atoms with Crippen molar-refractivity contribution < 1.29 is 36.6 Å². The van der Waals surface area contributed by atoms with Crippen molar-refractivity contribution in [2.45, 2.75) is 18.2 Å². The largest absolute Gasteiger partial charge is 0.506 e. The number of carboxylic acid groups (broad SMARTS) is 1. The number of nitrogens with zero attached hydrogens (tertiary/aromatic N) is 4. The third-order valence-corrected chi connectivity index (χ3v) is 5.05. The van der Waals surface area contributed by atoms with Crippen LogP contribution in [0, 0.1) is 5.92 Å². The minimum Gasteiger partial charge on any atom is -0.450 e. The van der Waals surface area contributed by atoms with Crippen molar-refractivity contribution in [2.75, 3.05) is 18.0 Å². The van der Waals surface area contributed by atoms with Crippen LogP contribution in [0.25, 0.3) is 16.9 Å². The molecule has 3 aromatic rings. The van der Waals surface area contributed by atoms with Gasteiger partial charge in [-0.1, -0.05) is 0 Å². The average molecular weight is 476 g/mol. The second-order valence-corrected chi connectivity index (χ2v) is 7.19. The van der Waals surface area contributed by atoms with Gasteiger partial charge in [0.2, 0.25) is 6.10 Å². The number of alkyl halides is 5. The first-order valence-corrected chi connectivity index (χ1v) is 9.12. The number of ether oxygens (including phenoxy) is 1. The van der Waals surface area contributed by atoms with Gasteiger partial charge in [-0.2, -0.15) is 18.3 Å². The maximum Gasteiger partial charge on any atom is 0.506 e. The van der Waals surface area contributed by atoms with Gasteiger partial charge in [-0.3, -0.25) is 9.78 Å². The Morgan fingerprint density at radius 1 is 1.33 bits per heavy atom. The number of fused-ring (bicyclic) bond motifs is 1. The molecule has 33 heavy (non-hydrogen) atoms. The predicted octanol–water partition coefficient (Wildman–Crippen LogP) is 1.47. The molecule has 11 nitrogen and oxygen atoms in total. The van der Waals surface area contributed by atoms with Crippen LogP contribution in [-0.2, 0) is 4.74 Å². The van der Waals surface area contributed by atoms with Crippen LogP contribution < -0.4 is 16.1 Å². The van der Waals surface area contributed by atoms with E-state index in [1.807, 2.05) is 4.98 Å². The van der Waals surface area contributed by atoms with Crippen molar-refractivity contribution in [3.05, 3.63) is 45.5 Å². The zero-order valence-electron chi connectivity index (χ0n) is 16.1. The van der Waals surface area contributed by atoms with E-state index in [1.165, 1.54) is 12.4 Å². The summed E-state index contributed by atoms with van der Waals surface area (Å²) in [5.41, 5.74) is -1.96. The van der Waals surface area contributed by atoms with Crippen LogP contribution in [0.3, 0.4) is 0 Å². The lowest BCUT2D eigenvalue weighted by molar-refractivity contribution is -0.240. The van der Waals surface area contributed by atoms with Crippen molar-refractivity contribution in [2.24, 2.45) is 5.92 Å². The SMILES string of the molecule is O=C(O)OC([C@H]1CN(c2cc(-c3c[nH]c(=O)[nH]c3=O)nn3ccnc23)CC1(F)F)C(F)(F)F. The highest BCUT2D eigenvalue weighted by Gasteiger charge is 2.61.